The summed E-state index contributed by atoms with van der Waals surface area (Å²) in [6.45, 7) is 0.336. The Hall–Kier alpha value is -2.51. The highest BCUT2D eigenvalue weighted by Gasteiger charge is 2.08. The molecular weight excluding hydrogens is 238 g/mol. The van der Waals surface area contributed by atoms with Crippen molar-refractivity contribution in [2.45, 2.75) is 6.10 Å². The summed E-state index contributed by atoms with van der Waals surface area (Å²) in [6.07, 6.45) is -0.646. The Balaban J connectivity index is 2.02. The molecule has 4 heteroatoms. The Morgan fingerprint density at radius 1 is 1.16 bits per heavy atom. The van der Waals surface area contributed by atoms with Crippen LogP contribution in [0.3, 0.4) is 0 Å². The monoisotopic (exact) mass is 253 g/mol. The number of aliphatic hydroxyl groups excluding tert-OH is 1. The Morgan fingerprint density at radius 2 is 1.84 bits per heavy atom. The normalized spacial score (nSPS) is 11.6. The maximum Gasteiger partial charge on any atom is 0.101 e. The topological polar surface area (TPSA) is 82.1 Å². The zero-order valence-corrected chi connectivity index (χ0v) is 10.4. The highest BCUT2D eigenvalue weighted by Crippen LogP contribution is 2.18. The van der Waals surface area contributed by atoms with E-state index in [1.165, 1.54) is 0 Å². The van der Waals surface area contributed by atoms with Gasteiger partial charge in [0.25, 0.3) is 0 Å². The molecule has 0 aliphatic heterocycles. The largest absolute Gasteiger partial charge is 0.399 e. The number of anilines is 2. The summed E-state index contributed by atoms with van der Waals surface area (Å²) in [5.74, 6) is 0. The minimum Gasteiger partial charge on any atom is -0.399 e. The Labute approximate surface area is 112 Å². The van der Waals surface area contributed by atoms with Gasteiger partial charge in [-0.2, -0.15) is 5.26 Å². The smallest absolute Gasteiger partial charge is 0.101 e. The van der Waals surface area contributed by atoms with E-state index in [-0.39, 0.29) is 0 Å². The number of nitrogen functional groups attached to an aromatic ring is 1. The summed E-state index contributed by atoms with van der Waals surface area (Å²) in [6, 6.07) is 16.4. The molecule has 0 saturated carbocycles. The van der Waals surface area contributed by atoms with Gasteiger partial charge in [-0.05, 0) is 29.8 Å². The maximum atomic E-state index is 10.1. The van der Waals surface area contributed by atoms with Gasteiger partial charge in [0.1, 0.15) is 6.07 Å². The van der Waals surface area contributed by atoms with Crippen LogP contribution in [0.4, 0.5) is 11.4 Å². The van der Waals surface area contributed by atoms with Crippen LogP contribution in [0, 0.1) is 11.3 Å². The van der Waals surface area contributed by atoms with Crippen LogP contribution in [-0.4, -0.2) is 11.7 Å². The van der Waals surface area contributed by atoms with Gasteiger partial charge in [-0.1, -0.05) is 24.3 Å². The van der Waals surface area contributed by atoms with Crippen LogP contribution >= 0.6 is 0 Å². The average molecular weight is 253 g/mol. The van der Waals surface area contributed by atoms with Crippen molar-refractivity contribution in [1.82, 2.24) is 0 Å². The molecule has 0 aliphatic carbocycles. The van der Waals surface area contributed by atoms with E-state index in [1.54, 1.807) is 36.4 Å². The molecule has 0 heterocycles. The molecule has 19 heavy (non-hydrogen) atoms. The number of nitrogens with one attached hydrogen (secondary N) is 1. The zero-order valence-electron chi connectivity index (χ0n) is 10.4. The molecule has 1 unspecified atom stereocenters. The van der Waals surface area contributed by atoms with E-state index in [1.807, 2.05) is 12.1 Å². The van der Waals surface area contributed by atoms with Crippen molar-refractivity contribution in [2.75, 3.05) is 17.6 Å². The lowest BCUT2D eigenvalue weighted by Gasteiger charge is -2.14. The number of rotatable bonds is 4. The first-order valence-electron chi connectivity index (χ1n) is 5.97. The second kappa shape index (κ2) is 5.89. The molecule has 2 aromatic rings. The quantitative estimate of drug-likeness (QED) is 0.730. The summed E-state index contributed by atoms with van der Waals surface area (Å²) in [5.41, 5.74) is 8.33. The van der Waals surface area contributed by atoms with Crippen LogP contribution in [-0.2, 0) is 0 Å². The lowest BCUT2D eigenvalue weighted by Crippen LogP contribution is -2.12. The summed E-state index contributed by atoms with van der Waals surface area (Å²) in [4.78, 5) is 0. The Bertz CT molecular complexity index is 587. The number of nitrogens with zero attached hydrogens (tertiary/aromatic N) is 1. The number of nitrogens with two attached hydrogens (primary N) is 1. The molecule has 0 fully saturated rings. The van der Waals surface area contributed by atoms with E-state index in [9.17, 15) is 5.11 Å². The molecule has 0 amide bonds. The van der Waals surface area contributed by atoms with Crippen molar-refractivity contribution in [3.63, 3.8) is 0 Å². The second-order valence-corrected chi connectivity index (χ2v) is 4.22. The van der Waals surface area contributed by atoms with Gasteiger partial charge in [0, 0.05) is 12.2 Å². The van der Waals surface area contributed by atoms with E-state index in [0.29, 0.717) is 17.8 Å². The van der Waals surface area contributed by atoms with E-state index >= 15 is 0 Å². The van der Waals surface area contributed by atoms with E-state index in [4.69, 9.17) is 11.0 Å². The third kappa shape index (κ3) is 3.24. The van der Waals surface area contributed by atoms with Gasteiger partial charge in [-0.15, -0.1) is 0 Å². The standard InChI is InChI=1S/C15H15N3O/c16-9-12-3-1-2-4-14(12)18-10-15(19)11-5-7-13(17)8-6-11/h1-8,15,18-19H,10,17H2. The van der Waals surface area contributed by atoms with Crippen molar-refractivity contribution >= 4 is 11.4 Å². The molecule has 4 N–H and O–H groups in total. The minimum absolute atomic E-state index is 0.336. The minimum atomic E-state index is -0.646. The lowest BCUT2D eigenvalue weighted by atomic mass is 10.1. The van der Waals surface area contributed by atoms with Gasteiger partial charge in [0.15, 0.2) is 0 Å². The van der Waals surface area contributed by atoms with Crippen molar-refractivity contribution < 1.29 is 5.11 Å². The Kier molecular flexibility index (Phi) is 4.01. The zero-order chi connectivity index (χ0) is 13.7. The first-order valence-corrected chi connectivity index (χ1v) is 5.97. The molecule has 0 aromatic heterocycles. The first kappa shape index (κ1) is 12.9. The fourth-order valence-corrected chi connectivity index (χ4v) is 1.78. The number of benzene rings is 2. The Morgan fingerprint density at radius 3 is 2.53 bits per heavy atom. The highest BCUT2D eigenvalue weighted by atomic mass is 16.3. The van der Waals surface area contributed by atoms with E-state index < -0.39 is 6.10 Å². The summed E-state index contributed by atoms with van der Waals surface area (Å²) in [5, 5.41) is 22.1. The van der Waals surface area contributed by atoms with Gasteiger partial charge in [0.05, 0.1) is 17.4 Å². The van der Waals surface area contributed by atoms with E-state index in [2.05, 4.69) is 11.4 Å². The van der Waals surface area contributed by atoms with Gasteiger partial charge >= 0.3 is 0 Å². The lowest BCUT2D eigenvalue weighted by molar-refractivity contribution is 0.191. The van der Waals surface area contributed by atoms with E-state index in [0.717, 1.165) is 11.3 Å². The third-order valence-electron chi connectivity index (χ3n) is 2.85. The molecular formula is C15H15N3O. The fraction of sp³-hybridized carbons (Fsp3) is 0.133. The third-order valence-corrected chi connectivity index (χ3v) is 2.85. The van der Waals surface area contributed by atoms with Crippen LogP contribution < -0.4 is 11.1 Å². The summed E-state index contributed by atoms with van der Waals surface area (Å²) in [7, 11) is 0. The van der Waals surface area contributed by atoms with Crippen LogP contribution in [0.5, 0.6) is 0 Å². The summed E-state index contributed by atoms with van der Waals surface area (Å²) >= 11 is 0. The first-order chi connectivity index (χ1) is 9.20. The number of hydrogen-bond acceptors (Lipinski definition) is 4. The van der Waals surface area contributed by atoms with Crippen molar-refractivity contribution in [1.29, 1.82) is 5.26 Å². The fourth-order valence-electron chi connectivity index (χ4n) is 1.78. The number of para-hydroxylation sites is 1. The van der Waals surface area contributed by atoms with Gasteiger partial charge in [0.2, 0.25) is 0 Å². The molecule has 0 saturated heterocycles. The van der Waals surface area contributed by atoms with Gasteiger partial charge in [-0.3, -0.25) is 0 Å². The molecule has 0 radical (unpaired) electrons. The molecule has 96 valence electrons. The molecule has 0 spiro atoms. The predicted octanol–water partition coefficient (Wildman–Crippen LogP) is 2.29. The van der Waals surface area contributed by atoms with Crippen LogP contribution in [0.1, 0.15) is 17.2 Å². The van der Waals surface area contributed by atoms with Crippen LogP contribution in [0.2, 0.25) is 0 Å². The molecule has 0 bridgehead atoms. The molecule has 4 nitrogen and oxygen atoms in total. The molecule has 1 atom stereocenters. The molecule has 2 rings (SSSR count). The van der Waals surface area contributed by atoms with Crippen LogP contribution in [0.15, 0.2) is 48.5 Å². The van der Waals surface area contributed by atoms with Crippen molar-refractivity contribution in [3.05, 3.63) is 59.7 Å². The second-order valence-electron chi connectivity index (χ2n) is 4.22. The van der Waals surface area contributed by atoms with Gasteiger partial charge < -0.3 is 16.2 Å². The number of aliphatic hydroxyl groups is 1. The number of nitriles is 1. The van der Waals surface area contributed by atoms with Crippen molar-refractivity contribution in [3.8, 4) is 6.07 Å². The maximum absolute atomic E-state index is 10.1. The predicted molar refractivity (Wildman–Crippen MR) is 75.5 cm³/mol. The van der Waals surface area contributed by atoms with Gasteiger partial charge in [-0.25, -0.2) is 0 Å². The van der Waals surface area contributed by atoms with Crippen molar-refractivity contribution in [2.24, 2.45) is 0 Å². The average Bonchev–Trinajstić information content (AvgIpc) is 2.45. The van der Waals surface area contributed by atoms with Crippen LogP contribution in [0.25, 0.3) is 0 Å². The molecule has 0 aliphatic rings. The highest BCUT2D eigenvalue weighted by molar-refractivity contribution is 5.57. The number of hydrogen-bond donors (Lipinski definition) is 3. The SMILES string of the molecule is N#Cc1ccccc1NCC(O)c1ccc(N)cc1. The summed E-state index contributed by atoms with van der Waals surface area (Å²) < 4.78 is 0. The molecule has 2 aromatic carbocycles.